The quantitative estimate of drug-likeness (QED) is 0.166. The van der Waals surface area contributed by atoms with Gasteiger partial charge in [0.25, 0.3) is 6.47 Å². The van der Waals surface area contributed by atoms with Crippen LogP contribution in [-0.4, -0.2) is 76.9 Å². The number of quaternary nitrogens is 2. The predicted octanol–water partition coefficient (Wildman–Crippen LogP) is -1.55. The number of likely N-dealkylation sites (N-methyl/N-ethyl adjacent to an activating group) is 1. The molecular weight excluding hydrogens is 467 g/mol. The van der Waals surface area contributed by atoms with E-state index in [0.29, 0.717) is 13.1 Å². The van der Waals surface area contributed by atoms with Gasteiger partial charge in [-0.15, -0.1) is 6.42 Å². The minimum atomic E-state index is 0. The molecule has 0 radical (unpaired) electrons. The Balaban J connectivity index is -0.0000000176. The fourth-order valence-corrected chi connectivity index (χ4v) is 1.88. The normalized spacial score (nSPS) is 7.44. The molecule has 0 aromatic rings. The van der Waals surface area contributed by atoms with Crippen molar-refractivity contribution in [2.75, 3.05) is 61.5 Å². The molecule has 0 N–H and O–H groups in total. The van der Waals surface area contributed by atoms with Crippen molar-refractivity contribution in [3.63, 3.8) is 0 Å². The van der Waals surface area contributed by atoms with Crippen LogP contribution in [0.1, 0.15) is 33.3 Å². The molecule has 0 aliphatic heterocycles. The third-order valence-corrected chi connectivity index (χ3v) is 3.42. The molecule has 0 saturated carbocycles. The van der Waals surface area contributed by atoms with Gasteiger partial charge in [-0.05, 0) is 89.8 Å². The van der Waals surface area contributed by atoms with Crippen molar-refractivity contribution in [2.45, 2.75) is 13.3 Å². The first-order valence-electron chi connectivity index (χ1n) is 9.73. The van der Waals surface area contributed by atoms with Crippen LogP contribution < -0.4 is 24.8 Å². The summed E-state index contributed by atoms with van der Waals surface area (Å²) in [6, 6.07) is 0. The van der Waals surface area contributed by atoms with Crippen molar-refractivity contribution >= 4 is 6.47 Å². The Morgan fingerprint density at radius 3 is 1.47 bits per heavy atom. The first kappa shape index (κ1) is 37.7. The van der Waals surface area contributed by atoms with E-state index in [9.17, 15) is 4.79 Å². The van der Waals surface area contributed by atoms with Gasteiger partial charge in [0.05, 0.1) is 48.3 Å². The smallest absolute Gasteiger partial charge is 0.293 e. The Labute approximate surface area is 240 Å². The van der Waals surface area contributed by atoms with Crippen LogP contribution in [0.5, 0.6) is 0 Å². The van der Waals surface area contributed by atoms with Crippen molar-refractivity contribution in [1.82, 2.24) is 0 Å². The monoisotopic (exact) mass is 524 g/mol. The third-order valence-electron chi connectivity index (χ3n) is 3.42. The minimum Gasteiger partial charge on any atom is -1.00 e. The fourth-order valence-electron chi connectivity index (χ4n) is 1.88. The number of hydrogen-bond donors (Lipinski definition) is 0. The number of hydrogen-bond acceptors (Lipinski definition) is 2. The summed E-state index contributed by atoms with van der Waals surface area (Å²) >= 11 is 0. The Morgan fingerprint density at radius 2 is 1.12 bits per heavy atom. The Kier molecular flexibility index (Phi) is 28.5. The number of carbonyl (C=O) groups is 1. The predicted molar refractivity (Wildman–Crippen MR) is 160 cm³/mol. The summed E-state index contributed by atoms with van der Waals surface area (Å²) in [5, 5.41) is 0. The number of rotatable bonds is 8. The zero-order chi connectivity index (χ0) is 24.6. The summed E-state index contributed by atoms with van der Waals surface area (Å²) in [5.74, 6) is 36.9. The summed E-state index contributed by atoms with van der Waals surface area (Å²) in [6.07, 6.45) is 6.08. The first-order chi connectivity index (χ1) is 15.2. The summed E-state index contributed by atoms with van der Waals surface area (Å²) in [7, 11) is 11.0. The van der Waals surface area contributed by atoms with E-state index in [0.717, 1.165) is 22.1 Å². The molecule has 0 spiro atoms. The maximum Gasteiger partial charge on any atom is 0.293 e. The van der Waals surface area contributed by atoms with Gasteiger partial charge in [0.15, 0.2) is 0 Å². The average Bonchev–Trinajstić information content (AvgIpc) is 2.71. The van der Waals surface area contributed by atoms with Crippen LogP contribution in [-0.2, 0) is 9.53 Å². The van der Waals surface area contributed by atoms with E-state index in [2.05, 4.69) is 124 Å². The number of halogens is 2. The van der Waals surface area contributed by atoms with Gasteiger partial charge in [0.1, 0.15) is 13.2 Å². The highest BCUT2D eigenvalue weighted by Gasteiger charge is 2.16. The Bertz CT molecular complexity index is 1120. The molecule has 0 amide bonds. The SMILES string of the molecule is C#CC#CC#CC#CC#CC#CC#CC#CC.C[N+](C)(C)CCC[N+](C)(C)CCOC=O.[Cl-].[Cl-].[HH].[HH].[HH].[HH].[HH].[HH].[HH].[HH].[HH].[HH].[HH].[HH].[HH].[HH]. The summed E-state index contributed by atoms with van der Waals surface area (Å²) in [5.41, 5.74) is 0. The summed E-state index contributed by atoms with van der Waals surface area (Å²) in [4.78, 5) is 10.0. The minimum absolute atomic E-state index is 0. The highest BCUT2D eigenvalue weighted by Crippen LogP contribution is 2.02. The van der Waals surface area contributed by atoms with Crippen LogP contribution in [0.15, 0.2) is 0 Å². The number of carbonyl (C=O) groups excluding carboxylic acids is 1. The topological polar surface area (TPSA) is 26.3 Å². The molecule has 34 heavy (non-hydrogen) atoms. The lowest BCUT2D eigenvalue weighted by molar-refractivity contribution is -0.902. The van der Waals surface area contributed by atoms with Gasteiger partial charge in [0, 0.05) is 26.4 Å². The molecule has 0 aromatic heterocycles. The van der Waals surface area contributed by atoms with Gasteiger partial charge in [-0.25, -0.2) is 0 Å². The van der Waals surface area contributed by atoms with Gasteiger partial charge >= 0.3 is 0 Å². The van der Waals surface area contributed by atoms with E-state index in [4.69, 9.17) is 11.2 Å². The molecule has 6 heteroatoms. The van der Waals surface area contributed by atoms with Crippen LogP contribution in [0.4, 0.5) is 0 Å². The second kappa shape index (κ2) is 25.7. The number of terminal acetylenes is 1. The summed E-state index contributed by atoms with van der Waals surface area (Å²) in [6.45, 7) is 5.92. The lowest BCUT2D eigenvalue weighted by atomic mass is 10.3. The molecule has 0 unspecified atom stereocenters. The zero-order valence-corrected chi connectivity index (χ0v) is 22.2. The number of ether oxygens (including phenoxy) is 1. The van der Waals surface area contributed by atoms with Crippen molar-refractivity contribution < 1.29 is 63.3 Å². The fraction of sp³-hybridized carbons (Fsp3) is 0.393. The highest BCUT2D eigenvalue weighted by atomic mass is 35.5. The Morgan fingerprint density at radius 1 is 0.706 bits per heavy atom. The van der Waals surface area contributed by atoms with Crippen LogP contribution in [0, 0.1) is 95.2 Å². The van der Waals surface area contributed by atoms with Crippen LogP contribution in [0.2, 0.25) is 0 Å². The zero-order valence-electron chi connectivity index (χ0n) is 20.7. The van der Waals surface area contributed by atoms with E-state index in [1.807, 2.05) is 0 Å². The summed E-state index contributed by atoms with van der Waals surface area (Å²) < 4.78 is 6.63. The highest BCUT2D eigenvalue weighted by molar-refractivity contribution is 5.45. The van der Waals surface area contributed by atoms with Gasteiger partial charge in [-0.2, -0.15) is 0 Å². The largest absolute Gasteiger partial charge is 1.00 e. The standard InChI is InChI=1S/C17H4.C11H26N2O2.2ClH.14H2/c1-3-5-7-9-11-13-15-17-16-14-12-10-8-6-4-2;1-12(2,3)7-6-8-13(4,5)9-10-15-11-14;;;;;;;;;;;;;;;;/h1H,2H3;11H,6-10H2,1-5H3;16*1H/q;+2;;;;;;;;;;;;;;;;/p-2. The van der Waals surface area contributed by atoms with E-state index in [-0.39, 0.29) is 44.8 Å². The van der Waals surface area contributed by atoms with Crippen LogP contribution in [0.3, 0.4) is 0 Å². The number of nitrogens with zero attached hydrogens (tertiary/aromatic N) is 2. The van der Waals surface area contributed by atoms with Crippen LogP contribution >= 0.6 is 0 Å². The maximum atomic E-state index is 10.0. The van der Waals surface area contributed by atoms with E-state index in [1.54, 1.807) is 6.92 Å². The molecule has 0 heterocycles. The maximum absolute atomic E-state index is 10.0. The second-order valence-electron chi connectivity index (χ2n) is 7.74. The van der Waals surface area contributed by atoms with Gasteiger partial charge in [0.2, 0.25) is 0 Å². The van der Waals surface area contributed by atoms with Crippen molar-refractivity contribution in [3.8, 4) is 95.2 Å². The van der Waals surface area contributed by atoms with Crippen molar-refractivity contribution in [1.29, 1.82) is 0 Å². The van der Waals surface area contributed by atoms with E-state index < -0.39 is 0 Å². The van der Waals surface area contributed by atoms with E-state index >= 15 is 0 Å². The third kappa shape index (κ3) is 35.9. The average molecular weight is 526 g/mol. The molecule has 0 atom stereocenters. The molecule has 4 nitrogen and oxygen atoms in total. The van der Waals surface area contributed by atoms with Crippen molar-refractivity contribution in [3.05, 3.63) is 0 Å². The van der Waals surface area contributed by atoms with Crippen molar-refractivity contribution in [2.24, 2.45) is 0 Å². The molecule has 0 bridgehead atoms. The van der Waals surface area contributed by atoms with E-state index in [1.165, 1.54) is 13.0 Å². The molecule has 0 aliphatic rings. The van der Waals surface area contributed by atoms with Gasteiger partial charge < -0.3 is 38.5 Å². The molecule has 0 fully saturated rings. The van der Waals surface area contributed by atoms with Crippen LogP contribution in [0.25, 0.3) is 0 Å². The molecule has 206 valence electrons. The Hall–Kier alpha value is -3.55. The first-order valence-corrected chi connectivity index (χ1v) is 9.73. The molecule has 0 rings (SSSR count). The molecule has 0 saturated heterocycles. The molecule has 0 aliphatic carbocycles. The van der Waals surface area contributed by atoms with Gasteiger partial charge in [-0.1, -0.05) is 5.92 Å². The second-order valence-corrected chi connectivity index (χ2v) is 7.74. The molecular formula is C28H58Cl2N2O2. The molecule has 0 aromatic carbocycles. The lowest BCUT2D eigenvalue weighted by Gasteiger charge is -2.31. The van der Waals surface area contributed by atoms with Gasteiger partial charge in [-0.3, -0.25) is 4.79 Å². The lowest BCUT2D eigenvalue weighted by Crippen LogP contribution is -3.00.